The van der Waals surface area contributed by atoms with Crippen LogP contribution in [-0.2, 0) is 16.1 Å². The molecule has 0 saturated heterocycles. The maximum atomic E-state index is 11.7. The van der Waals surface area contributed by atoms with Crippen LogP contribution in [0, 0.1) is 0 Å². The van der Waals surface area contributed by atoms with E-state index in [1.165, 1.54) is 17.3 Å². The summed E-state index contributed by atoms with van der Waals surface area (Å²) >= 11 is 7.46. The average Bonchev–Trinajstić information content (AvgIpc) is 2.91. The van der Waals surface area contributed by atoms with Gasteiger partial charge in [-0.15, -0.1) is 0 Å². The van der Waals surface area contributed by atoms with Gasteiger partial charge in [-0.3, -0.25) is 4.79 Å². The molecule has 0 radical (unpaired) electrons. The molecule has 24 heavy (non-hydrogen) atoms. The summed E-state index contributed by atoms with van der Waals surface area (Å²) in [7, 11) is 0. The number of hydrogen-bond donors (Lipinski definition) is 0. The van der Waals surface area contributed by atoms with Crippen LogP contribution in [0.15, 0.2) is 53.7 Å². The fraction of sp³-hybridized carbons (Fsp3) is 0.222. The van der Waals surface area contributed by atoms with E-state index in [2.05, 4.69) is 21.7 Å². The van der Waals surface area contributed by atoms with Gasteiger partial charge in [0.15, 0.2) is 5.16 Å². The molecule has 0 saturated carbocycles. The number of esters is 1. The predicted molar refractivity (Wildman–Crippen MR) is 97.6 cm³/mol. The molecule has 1 aromatic heterocycles. The molecule has 6 heteroatoms. The number of carbonyl (C=O) groups is 1. The summed E-state index contributed by atoms with van der Waals surface area (Å²) in [6, 6.07) is 15.8. The van der Waals surface area contributed by atoms with E-state index in [9.17, 15) is 4.79 Å². The number of halogens is 1. The van der Waals surface area contributed by atoms with E-state index in [-0.39, 0.29) is 11.7 Å². The molecule has 0 aliphatic heterocycles. The Bertz CT molecular complexity index is 849. The van der Waals surface area contributed by atoms with E-state index >= 15 is 0 Å². The first-order valence-electron chi connectivity index (χ1n) is 7.65. The second-order valence-corrected chi connectivity index (χ2v) is 6.57. The Balaban J connectivity index is 1.93. The first kappa shape index (κ1) is 16.9. The maximum absolute atomic E-state index is 11.7. The third-order valence-corrected chi connectivity index (χ3v) is 4.67. The number of carbonyl (C=O) groups excluding carboxylic acids is 1. The minimum Gasteiger partial charge on any atom is -0.465 e. The summed E-state index contributed by atoms with van der Waals surface area (Å²) in [5.74, 6) is -0.00138. The summed E-state index contributed by atoms with van der Waals surface area (Å²) in [4.78, 5) is 16.3. The molecule has 0 amide bonds. The van der Waals surface area contributed by atoms with Crippen molar-refractivity contribution in [1.29, 1.82) is 0 Å². The van der Waals surface area contributed by atoms with Gasteiger partial charge in [-0.2, -0.15) is 0 Å². The van der Waals surface area contributed by atoms with Crippen molar-refractivity contribution in [2.24, 2.45) is 0 Å². The molecule has 0 spiro atoms. The van der Waals surface area contributed by atoms with Gasteiger partial charge in [-0.05, 0) is 30.7 Å². The van der Waals surface area contributed by atoms with Crippen molar-refractivity contribution in [1.82, 2.24) is 9.55 Å². The number of fused-ring (bicyclic) bond motifs is 1. The summed E-state index contributed by atoms with van der Waals surface area (Å²) in [5.41, 5.74) is 2.99. The molecule has 2 aromatic carbocycles. The highest BCUT2D eigenvalue weighted by Crippen LogP contribution is 2.27. The third-order valence-electron chi connectivity index (χ3n) is 3.48. The summed E-state index contributed by atoms with van der Waals surface area (Å²) < 4.78 is 7.10. The second kappa shape index (κ2) is 7.73. The monoisotopic (exact) mass is 360 g/mol. The minimum atomic E-state index is -0.237. The zero-order chi connectivity index (χ0) is 16.9. The molecule has 3 aromatic rings. The van der Waals surface area contributed by atoms with Crippen LogP contribution >= 0.6 is 23.4 Å². The Morgan fingerprint density at radius 3 is 2.79 bits per heavy atom. The van der Waals surface area contributed by atoms with Crippen LogP contribution in [0.3, 0.4) is 0 Å². The van der Waals surface area contributed by atoms with Crippen LogP contribution in [0.25, 0.3) is 11.0 Å². The van der Waals surface area contributed by atoms with Crippen molar-refractivity contribution in [3.05, 3.63) is 59.1 Å². The van der Waals surface area contributed by atoms with E-state index in [1.54, 1.807) is 6.92 Å². The molecule has 3 rings (SSSR count). The lowest BCUT2D eigenvalue weighted by atomic mass is 10.2. The van der Waals surface area contributed by atoms with Crippen molar-refractivity contribution in [3.8, 4) is 0 Å². The standard InChI is InChI=1S/C18H17ClN2O2S/c1-2-23-17(22)12-24-18-20-15-10-14(19)8-9-16(15)21(18)11-13-6-4-3-5-7-13/h3-10H,2,11-12H2,1H3. The molecule has 1 heterocycles. The summed E-state index contributed by atoms with van der Waals surface area (Å²) in [6.45, 7) is 2.87. The van der Waals surface area contributed by atoms with E-state index in [0.717, 1.165) is 16.2 Å². The molecule has 124 valence electrons. The fourth-order valence-corrected chi connectivity index (χ4v) is 3.41. The summed E-state index contributed by atoms with van der Waals surface area (Å²) in [5, 5.41) is 1.43. The highest BCUT2D eigenvalue weighted by Gasteiger charge is 2.14. The Hall–Kier alpha value is -1.98. The molecule has 0 bridgehead atoms. The number of nitrogens with zero attached hydrogens (tertiary/aromatic N) is 2. The largest absolute Gasteiger partial charge is 0.465 e. The van der Waals surface area contributed by atoms with Crippen LogP contribution in [0.5, 0.6) is 0 Å². The van der Waals surface area contributed by atoms with E-state index in [1.807, 2.05) is 36.4 Å². The highest BCUT2D eigenvalue weighted by molar-refractivity contribution is 7.99. The van der Waals surface area contributed by atoms with E-state index in [0.29, 0.717) is 18.2 Å². The van der Waals surface area contributed by atoms with Crippen molar-refractivity contribution in [2.75, 3.05) is 12.4 Å². The van der Waals surface area contributed by atoms with Gasteiger partial charge in [0, 0.05) is 5.02 Å². The van der Waals surface area contributed by atoms with E-state index in [4.69, 9.17) is 16.3 Å². The van der Waals surface area contributed by atoms with Gasteiger partial charge < -0.3 is 9.30 Å². The first-order chi connectivity index (χ1) is 11.7. The van der Waals surface area contributed by atoms with Crippen LogP contribution in [-0.4, -0.2) is 27.9 Å². The molecule has 0 aliphatic carbocycles. The third kappa shape index (κ3) is 3.91. The lowest BCUT2D eigenvalue weighted by molar-refractivity contribution is -0.139. The lowest BCUT2D eigenvalue weighted by Crippen LogP contribution is -2.08. The SMILES string of the molecule is CCOC(=O)CSc1nc2cc(Cl)ccc2n1Cc1ccccc1. The van der Waals surface area contributed by atoms with Crippen LogP contribution in [0.4, 0.5) is 0 Å². The van der Waals surface area contributed by atoms with Gasteiger partial charge >= 0.3 is 5.97 Å². The smallest absolute Gasteiger partial charge is 0.316 e. The topological polar surface area (TPSA) is 44.1 Å². The normalized spacial score (nSPS) is 10.9. The Labute approximate surface area is 149 Å². The van der Waals surface area contributed by atoms with Gasteiger partial charge in [0.05, 0.1) is 29.9 Å². The number of benzene rings is 2. The Morgan fingerprint density at radius 2 is 2.04 bits per heavy atom. The van der Waals surface area contributed by atoms with Crippen LogP contribution < -0.4 is 0 Å². The fourth-order valence-electron chi connectivity index (χ4n) is 2.44. The molecule has 0 atom stereocenters. The Morgan fingerprint density at radius 1 is 1.25 bits per heavy atom. The van der Waals surface area contributed by atoms with Crippen LogP contribution in [0.1, 0.15) is 12.5 Å². The molecule has 0 aliphatic rings. The van der Waals surface area contributed by atoms with Crippen molar-refractivity contribution in [2.45, 2.75) is 18.6 Å². The quantitative estimate of drug-likeness (QED) is 0.483. The molecular weight excluding hydrogens is 344 g/mol. The van der Waals surface area contributed by atoms with Crippen molar-refractivity contribution >= 4 is 40.4 Å². The molecular formula is C18H17ClN2O2S. The number of rotatable bonds is 6. The Kier molecular flexibility index (Phi) is 5.43. The van der Waals surface area contributed by atoms with Gasteiger partial charge in [0.25, 0.3) is 0 Å². The predicted octanol–water partition coefficient (Wildman–Crippen LogP) is 4.39. The molecule has 0 unspecified atom stereocenters. The molecule has 0 N–H and O–H groups in total. The van der Waals surface area contributed by atoms with Gasteiger partial charge in [-0.1, -0.05) is 53.7 Å². The van der Waals surface area contributed by atoms with Gasteiger partial charge in [0.2, 0.25) is 0 Å². The molecule has 0 fully saturated rings. The molecule has 4 nitrogen and oxygen atoms in total. The number of aromatic nitrogens is 2. The number of imidazole rings is 1. The lowest BCUT2D eigenvalue weighted by Gasteiger charge is -2.09. The van der Waals surface area contributed by atoms with Gasteiger partial charge in [0.1, 0.15) is 0 Å². The summed E-state index contributed by atoms with van der Waals surface area (Å²) in [6.07, 6.45) is 0. The van der Waals surface area contributed by atoms with E-state index < -0.39 is 0 Å². The minimum absolute atomic E-state index is 0.236. The number of hydrogen-bond acceptors (Lipinski definition) is 4. The van der Waals surface area contributed by atoms with Crippen molar-refractivity contribution < 1.29 is 9.53 Å². The zero-order valence-electron chi connectivity index (χ0n) is 13.2. The average molecular weight is 361 g/mol. The maximum Gasteiger partial charge on any atom is 0.316 e. The zero-order valence-corrected chi connectivity index (χ0v) is 14.8. The van der Waals surface area contributed by atoms with Crippen LogP contribution in [0.2, 0.25) is 5.02 Å². The van der Waals surface area contributed by atoms with Gasteiger partial charge in [-0.25, -0.2) is 4.98 Å². The first-order valence-corrected chi connectivity index (χ1v) is 9.02. The van der Waals surface area contributed by atoms with Crippen molar-refractivity contribution in [3.63, 3.8) is 0 Å². The second-order valence-electron chi connectivity index (χ2n) is 5.19. The number of ether oxygens (including phenoxy) is 1. The highest BCUT2D eigenvalue weighted by atomic mass is 35.5. The number of thioether (sulfide) groups is 1.